The van der Waals surface area contributed by atoms with E-state index in [0.717, 1.165) is 6.54 Å². The number of thiophene rings is 1. The van der Waals surface area contributed by atoms with Gasteiger partial charge in [-0.25, -0.2) is 4.57 Å². The van der Waals surface area contributed by atoms with Crippen LogP contribution >= 0.6 is 11.3 Å². The molecule has 3 heterocycles. The third-order valence-electron chi connectivity index (χ3n) is 5.96. The first kappa shape index (κ1) is 16.1. The summed E-state index contributed by atoms with van der Waals surface area (Å²) in [6.07, 6.45) is 4.44. The van der Waals surface area contributed by atoms with E-state index in [1.807, 2.05) is 11.3 Å². The van der Waals surface area contributed by atoms with E-state index in [9.17, 15) is 0 Å². The maximum absolute atomic E-state index is 2.41. The molecule has 3 aromatic carbocycles. The van der Waals surface area contributed by atoms with Crippen LogP contribution in [0.25, 0.3) is 37.2 Å². The Hall–Kier alpha value is -2.91. The van der Waals surface area contributed by atoms with Crippen LogP contribution in [0, 0.1) is 20.8 Å². The monoisotopic (exact) mass is 381 g/mol. The summed E-state index contributed by atoms with van der Waals surface area (Å²) in [5.74, 6) is 1.29. The molecule has 6 rings (SSSR count). The normalized spacial score (nSPS) is 12.7. The summed E-state index contributed by atoms with van der Waals surface area (Å²) in [6, 6.07) is 18.1. The molecular weight excluding hydrogens is 360 g/mol. The predicted molar refractivity (Wildman–Crippen MR) is 118 cm³/mol. The molecule has 0 fully saturated rings. The first-order chi connectivity index (χ1) is 13.6. The summed E-state index contributed by atoms with van der Waals surface area (Å²) in [6.45, 7) is 7.56. The van der Waals surface area contributed by atoms with E-state index < -0.39 is 0 Å². The predicted octanol–water partition coefficient (Wildman–Crippen LogP) is 6.09. The quantitative estimate of drug-likeness (QED) is 0.305. The highest BCUT2D eigenvalue weighted by atomic mass is 32.1. The molecule has 1 aliphatic heterocycles. The van der Waals surface area contributed by atoms with Gasteiger partial charge >= 0.3 is 0 Å². The maximum atomic E-state index is 2.41. The molecule has 0 N–H and O–H groups in total. The van der Waals surface area contributed by atoms with Crippen LogP contribution in [0.15, 0.2) is 60.9 Å². The maximum Gasteiger partial charge on any atom is 0.294 e. The molecule has 0 aliphatic carbocycles. The fourth-order valence-electron chi connectivity index (χ4n) is 4.91. The van der Waals surface area contributed by atoms with Crippen molar-refractivity contribution in [3.8, 4) is 17.1 Å². The van der Waals surface area contributed by atoms with Crippen molar-refractivity contribution in [3.05, 3.63) is 83.2 Å². The standard InChI is InChI=1S/C25H21N2S/c1-15-10-16(2)24(17(3)11-15)27-9-8-26-14-18-12-23-21(13-20(18)25(26)27)19-6-4-5-7-22(19)28-23/h4-13H,14H2,1-3H3/q+1. The minimum Gasteiger partial charge on any atom is -0.225 e. The number of aryl methyl sites for hydroxylation is 3. The van der Waals surface area contributed by atoms with Gasteiger partial charge in [0.2, 0.25) is 0 Å². The van der Waals surface area contributed by atoms with Crippen LogP contribution < -0.4 is 4.57 Å². The summed E-state index contributed by atoms with van der Waals surface area (Å²) in [4.78, 5) is 0. The highest BCUT2D eigenvalue weighted by Gasteiger charge is 2.32. The Balaban J connectivity index is 1.64. The minimum atomic E-state index is 0.950. The van der Waals surface area contributed by atoms with Crippen LogP contribution in [0.4, 0.5) is 0 Å². The number of imidazole rings is 1. The highest BCUT2D eigenvalue weighted by molar-refractivity contribution is 7.25. The average Bonchev–Trinajstić information content (AvgIpc) is 3.31. The van der Waals surface area contributed by atoms with Gasteiger partial charge in [-0.1, -0.05) is 35.9 Å². The molecule has 0 unspecified atom stereocenters. The van der Waals surface area contributed by atoms with Gasteiger partial charge in [-0.05, 0) is 50.1 Å². The van der Waals surface area contributed by atoms with Gasteiger partial charge in [0.05, 0.1) is 5.56 Å². The lowest BCUT2D eigenvalue weighted by molar-refractivity contribution is -0.671. The zero-order valence-electron chi connectivity index (χ0n) is 16.3. The van der Waals surface area contributed by atoms with Gasteiger partial charge < -0.3 is 0 Å². The Morgan fingerprint density at radius 2 is 1.68 bits per heavy atom. The van der Waals surface area contributed by atoms with Gasteiger partial charge in [0, 0.05) is 25.7 Å². The van der Waals surface area contributed by atoms with Gasteiger partial charge in [-0.2, -0.15) is 4.57 Å². The molecule has 5 aromatic rings. The SMILES string of the molecule is Cc1cc(C)c(-n2cc[n+]3c2-c2cc4c(cc2C3)sc2ccccc24)c(C)c1. The van der Waals surface area contributed by atoms with E-state index in [1.165, 1.54) is 59.5 Å². The summed E-state index contributed by atoms with van der Waals surface area (Å²) in [5.41, 5.74) is 8.06. The van der Waals surface area contributed by atoms with E-state index in [4.69, 9.17) is 0 Å². The molecule has 0 bridgehead atoms. The molecule has 0 amide bonds. The van der Waals surface area contributed by atoms with E-state index in [-0.39, 0.29) is 0 Å². The third-order valence-corrected chi connectivity index (χ3v) is 7.09. The second kappa shape index (κ2) is 5.55. The van der Waals surface area contributed by atoms with Gasteiger partial charge in [-0.15, -0.1) is 11.3 Å². The Morgan fingerprint density at radius 1 is 0.893 bits per heavy atom. The number of hydrogen-bond donors (Lipinski definition) is 0. The van der Waals surface area contributed by atoms with Crippen molar-refractivity contribution < 1.29 is 4.57 Å². The molecule has 136 valence electrons. The van der Waals surface area contributed by atoms with Crippen molar-refractivity contribution in [1.29, 1.82) is 0 Å². The molecular formula is C25H21N2S+. The Kier molecular flexibility index (Phi) is 3.19. The van der Waals surface area contributed by atoms with Crippen LogP contribution in [0.1, 0.15) is 22.3 Å². The van der Waals surface area contributed by atoms with Crippen LogP contribution in [0.3, 0.4) is 0 Å². The van der Waals surface area contributed by atoms with E-state index in [1.54, 1.807) is 0 Å². The number of fused-ring (bicyclic) bond motifs is 6. The van der Waals surface area contributed by atoms with Gasteiger partial charge in [0.15, 0.2) is 0 Å². The molecule has 0 atom stereocenters. The molecule has 0 saturated heterocycles. The highest BCUT2D eigenvalue weighted by Crippen LogP contribution is 2.40. The minimum absolute atomic E-state index is 0.950. The van der Waals surface area contributed by atoms with E-state index in [0.29, 0.717) is 0 Å². The number of nitrogens with zero attached hydrogens (tertiary/aromatic N) is 2. The lowest BCUT2D eigenvalue weighted by atomic mass is 10.0. The van der Waals surface area contributed by atoms with Crippen LogP contribution in [-0.4, -0.2) is 4.57 Å². The second-order valence-electron chi connectivity index (χ2n) is 7.97. The first-order valence-electron chi connectivity index (χ1n) is 9.74. The van der Waals surface area contributed by atoms with Crippen molar-refractivity contribution in [2.75, 3.05) is 0 Å². The van der Waals surface area contributed by atoms with E-state index >= 15 is 0 Å². The summed E-state index contributed by atoms with van der Waals surface area (Å²) in [5, 5.41) is 2.74. The fourth-order valence-corrected chi connectivity index (χ4v) is 6.06. The molecule has 2 aromatic heterocycles. The molecule has 2 nitrogen and oxygen atoms in total. The van der Waals surface area contributed by atoms with Crippen LogP contribution in [-0.2, 0) is 6.54 Å². The van der Waals surface area contributed by atoms with Gasteiger partial charge in [0.25, 0.3) is 5.82 Å². The van der Waals surface area contributed by atoms with Crippen molar-refractivity contribution in [2.45, 2.75) is 27.3 Å². The topological polar surface area (TPSA) is 8.81 Å². The second-order valence-corrected chi connectivity index (χ2v) is 9.05. The van der Waals surface area contributed by atoms with Crippen molar-refractivity contribution >= 4 is 31.5 Å². The number of hydrogen-bond acceptors (Lipinski definition) is 1. The molecule has 28 heavy (non-hydrogen) atoms. The Labute approximate surface area is 168 Å². The Morgan fingerprint density at radius 3 is 2.50 bits per heavy atom. The fraction of sp³-hybridized carbons (Fsp3) is 0.160. The van der Waals surface area contributed by atoms with E-state index in [2.05, 4.69) is 90.8 Å². The zero-order chi connectivity index (χ0) is 19.0. The number of rotatable bonds is 1. The van der Waals surface area contributed by atoms with Crippen LogP contribution in [0.5, 0.6) is 0 Å². The van der Waals surface area contributed by atoms with Crippen molar-refractivity contribution in [3.63, 3.8) is 0 Å². The van der Waals surface area contributed by atoms with Crippen molar-refractivity contribution in [2.24, 2.45) is 0 Å². The molecule has 3 heteroatoms. The average molecular weight is 382 g/mol. The van der Waals surface area contributed by atoms with Gasteiger partial charge in [0.1, 0.15) is 24.6 Å². The largest absolute Gasteiger partial charge is 0.294 e. The number of benzene rings is 3. The molecule has 0 spiro atoms. The summed E-state index contributed by atoms with van der Waals surface area (Å²) < 4.78 is 7.53. The van der Waals surface area contributed by atoms with Crippen molar-refractivity contribution in [1.82, 2.24) is 4.57 Å². The lowest BCUT2D eigenvalue weighted by Gasteiger charge is -2.09. The summed E-state index contributed by atoms with van der Waals surface area (Å²) in [7, 11) is 0. The smallest absolute Gasteiger partial charge is 0.225 e. The van der Waals surface area contributed by atoms with Crippen LogP contribution in [0.2, 0.25) is 0 Å². The third kappa shape index (κ3) is 2.11. The number of aromatic nitrogens is 2. The lowest BCUT2D eigenvalue weighted by Crippen LogP contribution is -2.30. The first-order valence-corrected chi connectivity index (χ1v) is 10.6. The molecule has 1 aliphatic rings. The van der Waals surface area contributed by atoms with Gasteiger partial charge in [-0.3, -0.25) is 0 Å². The molecule has 0 radical (unpaired) electrons. The zero-order valence-corrected chi connectivity index (χ0v) is 17.1. The Bertz CT molecular complexity index is 1390. The summed E-state index contributed by atoms with van der Waals surface area (Å²) >= 11 is 1.90. The molecule has 0 saturated carbocycles.